The molecule has 3 heterocycles. The minimum absolute atomic E-state index is 0.00342. The first-order valence-electron chi connectivity index (χ1n) is 7.31. The lowest BCUT2D eigenvalue weighted by molar-refractivity contribution is 0.0774. The normalized spacial score (nSPS) is 17.7. The van der Waals surface area contributed by atoms with Gasteiger partial charge in [0.25, 0.3) is 5.91 Å². The van der Waals surface area contributed by atoms with Gasteiger partial charge in [-0.05, 0) is 18.0 Å². The van der Waals surface area contributed by atoms with Crippen molar-refractivity contribution in [3.05, 3.63) is 29.2 Å². The van der Waals surface area contributed by atoms with Crippen LogP contribution in [0.15, 0.2) is 18.6 Å². The summed E-state index contributed by atoms with van der Waals surface area (Å²) in [6.07, 6.45) is 7.25. The summed E-state index contributed by atoms with van der Waals surface area (Å²) in [7, 11) is 0. The highest BCUT2D eigenvalue weighted by atomic mass is 32.1. The molecule has 1 aliphatic rings. The van der Waals surface area contributed by atoms with Crippen LogP contribution in [0.1, 0.15) is 35.1 Å². The van der Waals surface area contributed by atoms with Crippen LogP contribution in [0.2, 0.25) is 0 Å². The maximum atomic E-state index is 12.6. The van der Waals surface area contributed by atoms with Gasteiger partial charge in [0.05, 0.1) is 18.4 Å². The summed E-state index contributed by atoms with van der Waals surface area (Å²) >= 11 is 1.17. The Labute approximate surface area is 132 Å². The molecule has 22 heavy (non-hydrogen) atoms. The molecule has 0 N–H and O–H groups in total. The summed E-state index contributed by atoms with van der Waals surface area (Å²) in [5.74, 6) is 0.497. The molecule has 1 saturated heterocycles. The topological polar surface area (TPSA) is 81.1 Å². The van der Waals surface area contributed by atoms with Crippen LogP contribution in [-0.4, -0.2) is 49.6 Å². The van der Waals surface area contributed by atoms with Crippen LogP contribution in [0, 0.1) is 0 Å². The standard InChI is InChI=1S/C14H17N5O2S/c1-2-3-11-13(22-18-17-11)14(20)19-7-4-10(9-19)21-12-8-15-5-6-16-12/h5-6,8,10H,2-4,7,9H2,1H3. The lowest BCUT2D eigenvalue weighted by Gasteiger charge is -2.16. The number of ether oxygens (including phenoxy) is 1. The van der Waals surface area contributed by atoms with Crippen molar-refractivity contribution >= 4 is 17.4 Å². The molecule has 2 aromatic rings. The Morgan fingerprint density at radius 2 is 2.41 bits per heavy atom. The van der Waals surface area contributed by atoms with Crippen molar-refractivity contribution in [1.29, 1.82) is 0 Å². The molecule has 116 valence electrons. The first kappa shape index (κ1) is 14.8. The Bertz CT molecular complexity index is 633. The van der Waals surface area contributed by atoms with E-state index in [1.807, 2.05) is 0 Å². The Kier molecular flexibility index (Phi) is 4.57. The number of hydrogen-bond donors (Lipinski definition) is 0. The smallest absolute Gasteiger partial charge is 0.267 e. The van der Waals surface area contributed by atoms with E-state index < -0.39 is 0 Å². The van der Waals surface area contributed by atoms with E-state index in [1.165, 1.54) is 11.5 Å². The zero-order valence-electron chi connectivity index (χ0n) is 12.3. The average Bonchev–Trinajstić information content (AvgIpc) is 3.18. The second kappa shape index (κ2) is 6.78. The predicted octanol–water partition coefficient (Wildman–Crippen LogP) is 1.57. The summed E-state index contributed by atoms with van der Waals surface area (Å²) in [5, 5.41) is 4.06. The summed E-state index contributed by atoms with van der Waals surface area (Å²) < 4.78 is 9.67. The maximum absolute atomic E-state index is 12.6. The first-order valence-corrected chi connectivity index (χ1v) is 8.08. The molecule has 0 saturated carbocycles. The van der Waals surface area contributed by atoms with E-state index in [0.717, 1.165) is 25.0 Å². The first-order chi connectivity index (χ1) is 10.8. The van der Waals surface area contributed by atoms with Crippen molar-refractivity contribution in [3.63, 3.8) is 0 Å². The molecule has 1 unspecified atom stereocenters. The van der Waals surface area contributed by atoms with Gasteiger partial charge in [-0.3, -0.25) is 9.78 Å². The van der Waals surface area contributed by atoms with Crippen LogP contribution in [0.4, 0.5) is 0 Å². The average molecular weight is 319 g/mol. The number of carbonyl (C=O) groups is 1. The molecule has 1 amide bonds. The monoisotopic (exact) mass is 319 g/mol. The summed E-state index contributed by atoms with van der Waals surface area (Å²) in [6.45, 7) is 3.29. The quantitative estimate of drug-likeness (QED) is 0.832. The van der Waals surface area contributed by atoms with Crippen molar-refractivity contribution in [2.24, 2.45) is 0 Å². The lowest BCUT2D eigenvalue weighted by Crippen LogP contribution is -2.31. The predicted molar refractivity (Wildman–Crippen MR) is 80.9 cm³/mol. The third-order valence-electron chi connectivity index (χ3n) is 3.50. The van der Waals surface area contributed by atoms with Crippen molar-refractivity contribution in [3.8, 4) is 5.88 Å². The Hall–Kier alpha value is -2.09. The van der Waals surface area contributed by atoms with Crippen LogP contribution < -0.4 is 4.74 Å². The fourth-order valence-corrected chi connectivity index (χ4v) is 3.12. The molecular weight excluding hydrogens is 302 g/mol. The third-order valence-corrected chi connectivity index (χ3v) is 4.25. The molecule has 8 heteroatoms. The summed E-state index contributed by atoms with van der Waals surface area (Å²) in [5.41, 5.74) is 0.802. The summed E-state index contributed by atoms with van der Waals surface area (Å²) in [6, 6.07) is 0. The van der Waals surface area contributed by atoms with E-state index >= 15 is 0 Å². The third kappa shape index (κ3) is 3.22. The Morgan fingerprint density at radius 1 is 1.50 bits per heavy atom. The minimum Gasteiger partial charge on any atom is -0.471 e. The Balaban J connectivity index is 1.62. The molecule has 0 spiro atoms. The van der Waals surface area contributed by atoms with Gasteiger partial charge in [0, 0.05) is 25.4 Å². The van der Waals surface area contributed by atoms with Crippen LogP contribution in [0.3, 0.4) is 0 Å². The van der Waals surface area contributed by atoms with Crippen molar-refractivity contribution < 1.29 is 9.53 Å². The molecule has 3 rings (SSSR count). The molecule has 7 nitrogen and oxygen atoms in total. The molecule has 1 aliphatic heterocycles. The van der Waals surface area contributed by atoms with Crippen LogP contribution in [0.5, 0.6) is 5.88 Å². The number of carbonyl (C=O) groups excluding carboxylic acids is 1. The molecule has 2 aromatic heterocycles. The van der Waals surface area contributed by atoms with E-state index in [-0.39, 0.29) is 12.0 Å². The number of likely N-dealkylation sites (tertiary alicyclic amines) is 1. The highest BCUT2D eigenvalue weighted by Gasteiger charge is 2.30. The van der Waals surface area contributed by atoms with Gasteiger partial charge in [0.15, 0.2) is 0 Å². The zero-order chi connectivity index (χ0) is 15.4. The van der Waals surface area contributed by atoms with E-state index in [9.17, 15) is 4.79 Å². The molecular formula is C14H17N5O2S. The van der Waals surface area contributed by atoms with Crippen LogP contribution in [-0.2, 0) is 6.42 Å². The Morgan fingerprint density at radius 3 is 3.18 bits per heavy atom. The number of nitrogens with zero attached hydrogens (tertiary/aromatic N) is 5. The van der Waals surface area contributed by atoms with Crippen LogP contribution >= 0.6 is 11.5 Å². The molecule has 0 radical (unpaired) electrons. The van der Waals surface area contributed by atoms with E-state index in [0.29, 0.717) is 23.8 Å². The SMILES string of the molecule is CCCc1nnsc1C(=O)N1CCC(Oc2cnccn2)C1. The van der Waals surface area contributed by atoms with Gasteiger partial charge < -0.3 is 9.64 Å². The fourth-order valence-electron chi connectivity index (χ4n) is 2.44. The lowest BCUT2D eigenvalue weighted by atomic mass is 10.2. The van der Waals surface area contributed by atoms with E-state index in [1.54, 1.807) is 23.5 Å². The van der Waals surface area contributed by atoms with Gasteiger partial charge in [-0.15, -0.1) is 5.10 Å². The fraction of sp³-hybridized carbons (Fsp3) is 0.500. The van der Waals surface area contributed by atoms with Crippen molar-refractivity contribution in [1.82, 2.24) is 24.5 Å². The molecule has 0 bridgehead atoms. The van der Waals surface area contributed by atoms with E-state index in [2.05, 4.69) is 26.5 Å². The van der Waals surface area contributed by atoms with Crippen molar-refractivity contribution in [2.75, 3.05) is 13.1 Å². The molecule has 1 atom stereocenters. The van der Waals surface area contributed by atoms with Gasteiger partial charge in [-0.2, -0.15) is 0 Å². The minimum atomic E-state index is -0.0452. The molecule has 0 aromatic carbocycles. The molecule has 1 fully saturated rings. The number of amides is 1. The highest BCUT2D eigenvalue weighted by Crippen LogP contribution is 2.21. The van der Waals surface area contributed by atoms with Gasteiger partial charge in [-0.1, -0.05) is 17.8 Å². The number of aromatic nitrogens is 4. The molecule has 0 aliphatic carbocycles. The largest absolute Gasteiger partial charge is 0.471 e. The van der Waals surface area contributed by atoms with Gasteiger partial charge >= 0.3 is 0 Å². The second-order valence-electron chi connectivity index (χ2n) is 5.12. The van der Waals surface area contributed by atoms with Gasteiger partial charge in [0.2, 0.25) is 5.88 Å². The second-order valence-corrected chi connectivity index (χ2v) is 5.88. The van der Waals surface area contributed by atoms with Gasteiger partial charge in [-0.25, -0.2) is 4.98 Å². The highest BCUT2D eigenvalue weighted by molar-refractivity contribution is 7.08. The van der Waals surface area contributed by atoms with Gasteiger partial charge in [0.1, 0.15) is 11.0 Å². The number of aryl methyl sites for hydroxylation is 1. The van der Waals surface area contributed by atoms with E-state index in [4.69, 9.17) is 4.74 Å². The number of rotatable bonds is 5. The number of hydrogen-bond acceptors (Lipinski definition) is 7. The maximum Gasteiger partial charge on any atom is 0.267 e. The zero-order valence-corrected chi connectivity index (χ0v) is 13.1. The van der Waals surface area contributed by atoms with Crippen LogP contribution in [0.25, 0.3) is 0 Å². The summed E-state index contributed by atoms with van der Waals surface area (Å²) in [4.78, 5) is 23.1. The van der Waals surface area contributed by atoms with Crippen molar-refractivity contribution in [2.45, 2.75) is 32.3 Å².